The maximum Gasteiger partial charge on any atom is 0.119 e. The average Bonchev–Trinajstić information content (AvgIpc) is 2.93. The first-order chi connectivity index (χ1) is 17.8. The van der Waals surface area contributed by atoms with Gasteiger partial charge in [0.2, 0.25) is 0 Å². The molecule has 0 amide bonds. The summed E-state index contributed by atoms with van der Waals surface area (Å²) in [6, 6.07) is 28.8. The first kappa shape index (κ1) is 24.9. The highest BCUT2D eigenvalue weighted by Gasteiger charge is 2.36. The molecule has 1 aliphatic rings. The number of unbranched alkanes of at least 4 members (excludes halogenated alkanes) is 6. The summed E-state index contributed by atoms with van der Waals surface area (Å²) in [7, 11) is 0. The molecule has 1 unspecified atom stereocenters. The molecule has 0 bridgehead atoms. The van der Waals surface area contributed by atoms with E-state index >= 15 is 0 Å². The molecule has 1 atom stereocenters. The van der Waals surface area contributed by atoms with Gasteiger partial charge in [0.25, 0.3) is 0 Å². The Morgan fingerprint density at radius 1 is 0.667 bits per heavy atom. The van der Waals surface area contributed by atoms with Crippen LogP contribution in [0.2, 0.25) is 0 Å². The Morgan fingerprint density at radius 2 is 1.42 bits per heavy atom. The summed E-state index contributed by atoms with van der Waals surface area (Å²) in [5, 5.41) is 5.61. The van der Waals surface area contributed by atoms with Crippen molar-refractivity contribution in [3.63, 3.8) is 0 Å². The molecular weight excluding hydrogens is 436 g/mol. The van der Waals surface area contributed by atoms with Gasteiger partial charge in [-0.1, -0.05) is 119 Å². The highest BCUT2D eigenvalue weighted by molar-refractivity contribution is 6.08. The Hall–Kier alpha value is -2.80. The molecule has 188 valence electrons. The number of hydrogen-bond acceptors (Lipinski definition) is 1. The van der Waals surface area contributed by atoms with E-state index in [0.717, 1.165) is 18.8 Å². The van der Waals surface area contributed by atoms with Crippen molar-refractivity contribution in [3.8, 4) is 5.75 Å². The number of rotatable bonds is 12. The van der Waals surface area contributed by atoms with Gasteiger partial charge < -0.3 is 4.74 Å². The smallest absolute Gasteiger partial charge is 0.119 e. The maximum atomic E-state index is 6.27. The zero-order chi connectivity index (χ0) is 24.6. The van der Waals surface area contributed by atoms with Crippen LogP contribution < -0.4 is 4.74 Å². The van der Waals surface area contributed by atoms with Crippen LogP contribution in [-0.2, 0) is 11.8 Å². The lowest BCUT2D eigenvalue weighted by Gasteiger charge is -2.40. The van der Waals surface area contributed by atoms with Crippen LogP contribution in [0.1, 0.15) is 88.7 Å². The first-order valence-corrected chi connectivity index (χ1v) is 14.4. The Kier molecular flexibility index (Phi) is 8.26. The van der Waals surface area contributed by atoms with Gasteiger partial charge in [0, 0.05) is 0 Å². The van der Waals surface area contributed by atoms with E-state index in [1.54, 1.807) is 11.1 Å². The number of benzene rings is 4. The highest BCUT2D eigenvalue weighted by atomic mass is 16.5. The molecule has 0 fully saturated rings. The van der Waals surface area contributed by atoms with Crippen LogP contribution in [0.15, 0.2) is 78.9 Å². The molecule has 4 aromatic carbocycles. The topological polar surface area (TPSA) is 9.23 Å². The van der Waals surface area contributed by atoms with Gasteiger partial charge in [-0.25, -0.2) is 0 Å². The van der Waals surface area contributed by atoms with Crippen LogP contribution >= 0.6 is 0 Å². The van der Waals surface area contributed by atoms with E-state index in [1.807, 2.05) is 0 Å². The number of para-hydroxylation sites is 1. The first-order valence-electron chi connectivity index (χ1n) is 14.4. The lowest BCUT2D eigenvalue weighted by molar-refractivity contribution is 0.222. The fraction of sp³-hybridized carbons (Fsp3) is 0.429. The van der Waals surface area contributed by atoms with Crippen molar-refractivity contribution in [1.82, 2.24) is 0 Å². The lowest BCUT2D eigenvalue weighted by atomic mass is 9.64. The highest BCUT2D eigenvalue weighted by Crippen LogP contribution is 2.46. The number of ether oxygens (including phenoxy) is 1. The van der Waals surface area contributed by atoms with Crippen molar-refractivity contribution >= 4 is 21.5 Å². The van der Waals surface area contributed by atoms with E-state index in [0.29, 0.717) is 0 Å². The zero-order valence-electron chi connectivity index (χ0n) is 22.1. The summed E-state index contributed by atoms with van der Waals surface area (Å²) in [4.78, 5) is 0. The van der Waals surface area contributed by atoms with E-state index in [2.05, 4.69) is 85.8 Å². The Morgan fingerprint density at radius 3 is 2.28 bits per heavy atom. The third-order valence-corrected chi connectivity index (χ3v) is 8.54. The van der Waals surface area contributed by atoms with Gasteiger partial charge in [0.1, 0.15) is 5.75 Å². The molecule has 0 heterocycles. The Labute approximate surface area is 217 Å². The summed E-state index contributed by atoms with van der Waals surface area (Å²) < 4.78 is 6.27. The molecule has 0 radical (unpaired) electrons. The van der Waals surface area contributed by atoms with Crippen LogP contribution in [0.4, 0.5) is 0 Å². The molecular formula is C35H42O. The number of hydrogen-bond donors (Lipinski definition) is 0. The van der Waals surface area contributed by atoms with Crippen LogP contribution in [-0.4, -0.2) is 6.61 Å². The molecule has 5 rings (SSSR count). The SMILES string of the molecule is CCCCCCCCCC1(CCOc2ccccc2)CCCc2c1ccc1c2ccc2ccccc21. The number of aryl methyl sites for hydroxylation is 1. The van der Waals surface area contributed by atoms with Gasteiger partial charge in [0.15, 0.2) is 0 Å². The molecule has 0 saturated heterocycles. The molecule has 0 spiro atoms. The van der Waals surface area contributed by atoms with Crippen molar-refractivity contribution in [2.45, 2.75) is 89.4 Å². The van der Waals surface area contributed by atoms with Crippen LogP contribution in [0.5, 0.6) is 5.75 Å². The monoisotopic (exact) mass is 478 g/mol. The van der Waals surface area contributed by atoms with Crippen molar-refractivity contribution in [1.29, 1.82) is 0 Å². The van der Waals surface area contributed by atoms with Crippen molar-refractivity contribution in [2.24, 2.45) is 0 Å². The van der Waals surface area contributed by atoms with Gasteiger partial charge in [-0.2, -0.15) is 0 Å². The molecule has 4 aromatic rings. The van der Waals surface area contributed by atoms with Crippen molar-refractivity contribution < 1.29 is 4.74 Å². The molecule has 36 heavy (non-hydrogen) atoms. The summed E-state index contributed by atoms with van der Waals surface area (Å²) in [5.74, 6) is 0.990. The summed E-state index contributed by atoms with van der Waals surface area (Å²) >= 11 is 0. The molecule has 0 aliphatic heterocycles. The van der Waals surface area contributed by atoms with Gasteiger partial charge in [-0.15, -0.1) is 0 Å². The maximum absolute atomic E-state index is 6.27. The van der Waals surface area contributed by atoms with Gasteiger partial charge in [0.05, 0.1) is 6.61 Å². The van der Waals surface area contributed by atoms with E-state index in [9.17, 15) is 0 Å². The van der Waals surface area contributed by atoms with Crippen molar-refractivity contribution in [2.75, 3.05) is 6.61 Å². The zero-order valence-corrected chi connectivity index (χ0v) is 22.1. The summed E-state index contributed by atoms with van der Waals surface area (Å²) in [5.41, 5.74) is 3.44. The second-order valence-electron chi connectivity index (χ2n) is 10.9. The minimum absolute atomic E-state index is 0.228. The minimum atomic E-state index is 0.228. The fourth-order valence-corrected chi connectivity index (χ4v) is 6.60. The van der Waals surface area contributed by atoms with E-state index in [1.165, 1.54) is 92.2 Å². The standard InChI is InChI=1S/C35H42O/c1-2-3-4-5-6-7-13-24-35(26-27-36-29-16-9-8-10-17-29)25-14-19-33-32-21-20-28-15-11-12-18-30(28)31(32)22-23-34(33)35/h8-12,15-18,20-23H,2-7,13-14,19,24-27H2,1H3. The molecule has 1 aliphatic carbocycles. The predicted molar refractivity (Wildman–Crippen MR) is 155 cm³/mol. The van der Waals surface area contributed by atoms with Crippen LogP contribution in [0.25, 0.3) is 21.5 Å². The lowest BCUT2D eigenvalue weighted by Crippen LogP contribution is -2.33. The summed E-state index contributed by atoms with van der Waals surface area (Å²) in [6.07, 6.45) is 15.7. The van der Waals surface area contributed by atoms with E-state index in [4.69, 9.17) is 4.74 Å². The minimum Gasteiger partial charge on any atom is -0.494 e. The van der Waals surface area contributed by atoms with E-state index in [-0.39, 0.29) is 5.41 Å². The third-order valence-electron chi connectivity index (χ3n) is 8.54. The normalized spacial score (nSPS) is 17.4. The number of fused-ring (bicyclic) bond motifs is 5. The second-order valence-corrected chi connectivity index (χ2v) is 10.9. The molecule has 1 nitrogen and oxygen atoms in total. The van der Waals surface area contributed by atoms with Crippen LogP contribution in [0, 0.1) is 0 Å². The van der Waals surface area contributed by atoms with Crippen LogP contribution in [0.3, 0.4) is 0 Å². The van der Waals surface area contributed by atoms with E-state index < -0.39 is 0 Å². The Bertz CT molecular complexity index is 1260. The van der Waals surface area contributed by atoms with Crippen molar-refractivity contribution in [3.05, 3.63) is 90.0 Å². The molecule has 1 heteroatoms. The average molecular weight is 479 g/mol. The predicted octanol–water partition coefficient (Wildman–Crippen LogP) is 10.2. The molecule has 0 saturated carbocycles. The Balaban J connectivity index is 1.41. The third kappa shape index (κ3) is 5.46. The fourth-order valence-electron chi connectivity index (χ4n) is 6.60. The summed E-state index contributed by atoms with van der Waals surface area (Å²) in [6.45, 7) is 3.09. The van der Waals surface area contributed by atoms with Gasteiger partial charge in [-0.05, 0) is 82.3 Å². The quantitative estimate of drug-likeness (QED) is 0.145. The molecule has 0 N–H and O–H groups in total. The van der Waals surface area contributed by atoms with Gasteiger partial charge >= 0.3 is 0 Å². The molecule has 0 aromatic heterocycles. The second kappa shape index (κ2) is 12.0. The van der Waals surface area contributed by atoms with Gasteiger partial charge in [-0.3, -0.25) is 0 Å². The largest absolute Gasteiger partial charge is 0.494 e.